The van der Waals surface area contributed by atoms with Gasteiger partial charge in [0.25, 0.3) is 0 Å². The summed E-state index contributed by atoms with van der Waals surface area (Å²) in [6.45, 7) is 3.07. The van der Waals surface area contributed by atoms with Crippen LogP contribution in [0.2, 0.25) is 0 Å². The van der Waals surface area contributed by atoms with E-state index in [1.54, 1.807) is 19.1 Å². The molecule has 0 aliphatic heterocycles. The average molecular weight is 351 g/mol. The Morgan fingerprint density at radius 2 is 1.96 bits per heavy atom. The number of unbranched alkanes of at least 4 members (excludes halogenated alkanes) is 1. The fraction of sp³-hybridized carbons (Fsp3) is 0.333. The van der Waals surface area contributed by atoms with Crippen LogP contribution in [0.1, 0.15) is 30.9 Å². The lowest BCUT2D eigenvalue weighted by atomic mass is 10.1. The van der Waals surface area contributed by atoms with E-state index in [1.165, 1.54) is 5.56 Å². The molecule has 0 atom stereocenters. The number of aryl methyl sites for hydroxylation is 1. The Balaban J connectivity index is 1.95. The smallest absolute Gasteiger partial charge is 0.325 e. The van der Waals surface area contributed by atoms with Crippen LogP contribution in [0.4, 0.5) is 11.4 Å². The standard InChI is InChI=1S/C21H25N3O2/c1-2-26-21(25)16-24(20-8-5-7-18(14-20)15-22)13-4-3-6-17-9-11-19(23)12-10-17/h5,7-12,14H,2-4,6,13,16,23H2,1H3. The normalized spacial score (nSPS) is 10.2. The van der Waals surface area contributed by atoms with Crippen molar-refractivity contribution in [2.75, 3.05) is 30.3 Å². The van der Waals surface area contributed by atoms with E-state index in [0.717, 1.165) is 37.2 Å². The molecule has 5 heteroatoms. The van der Waals surface area contributed by atoms with Gasteiger partial charge in [0.2, 0.25) is 0 Å². The summed E-state index contributed by atoms with van der Waals surface area (Å²) in [6.07, 6.45) is 2.90. The third kappa shape index (κ3) is 6.14. The summed E-state index contributed by atoms with van der Waals surface area (Å²) in [7, 11) is 0. The Morgan fingerprint density at radius 3 is 2.65 bits per heavy atom. The second-order valence-corrected chi connectivity index (χ2v) is 6.09. The Kier molecular flexibility index (Phi) is 7.50. The Bertz CT molecular complexity index is 751. The molecule has 2 aromatic carbocycles. The van der Waals surface area contributed by atoms with Gasteiger partial charge >= 0.3 is 5.97 Å². The summed E-state index contributed by atoms with van der Waals surface area (Å²) in [5.41, 5.74) is 9.18. The first kappa shape index (κ1) is 19.3. The highest BCUT2D eigenvalue weighted by Gasteiger charge is 2.13. The van der Waals surface area contributed by atoms with Gasteiger partial charge in [0.15, 0.2) is 0 Å². The van der Waals surface area contributed by atoms with Crippen LogP contribution in [-0.2, 0) is 16.0 Å². The van der Waals surface area contributed by atoms with Gasteiger partial charge in [-0.05, 0) is 62.1 Å². The lowest BCUT2D eigenvalue weighted by Crippen LogP contribution is -2.32. The van der Waals surface area contributed by atoms with E-state index in [9.17, 15) is 4.79 Å². The number of carbonyl (C=O) groups is 1. The van der Waals surface area contributed by atoms with Gasteiger partial charge in [-0.3, -0.25) is 4.79 Å². The van der Waals surface area contributed by atoms with Crippen LogP contribution in [0.15, 0.2) is 48.5 Å². The first-order valence-electron chi connectivity index (χ1n) is 8.87. The van der Waals surface area contributed by atoms with Gasteiger partial charge in [-0.1, -0.05) is 18.2 Å². The topological polar surface area (TPSA) is 79.3 Å². The molecular weight excluding hydrogens is 326 g/mol. The van der Waals surface area contributed by atoms with Gasteiger partial charge in [0.1, 0.15) is 6.54 Å². The van der Waals surface area contributed by atoms with E-state index in [1.807, 2.05) is 41.3 Å². The molecule has 26 heavy (non-hydrogen) atoms. The number of hydrogen-bond acceptors (Lipinski definition) is 5. The first-order chi connectivity index (χ1) is 12.6. The highest BCUT2D eigenvalue weighted by Crippen LogP contribution is 2.17. The van der Waals surface area contributed by atoms with E-state index in [2.05, 4.69) is 6.07 Å². The molecule has 0 saturated heterocycles. The van der Waals surface area contributed by atoms with Crippen LogP contribution >= 0.6 is 0 Å². The fourth-order valence-corrected chi connectivity index (χ4v) is 2.75. The maximum absolute atomic E-state index is 11.9. The molecule has 0 fully saturated rings. The van der Waals surface area contributed by atoms with E-state index >= 15 is 0 Å². The molecule has 0 unspecified atom stereocenters. The van der Waals surface area contributed by atoms with Gasteiger partial charge in [0.05, 0.1) is 18.2 Å². The third-order valence-corrected chi connectivity index (χ3v) is 4.09. The summed E-state index contributed by atoms with van der Waals surface area (Å²) in [5, 5.41) is 9.10. The number of carbonyl (C=O) groups excluding carboxylic acids is 1. The zero-order valence-electron chi connectivity index (χ0n) is 15.1. The zero-order valence-corrected chi connectivity index (χ0v) is 15.1. The van der Waals surface area contributed by atoms with Crippen molar-refractivity contribution >= 4 is 17.3 Å². The number of nitrogens with two attached hydrogens (primary N) is 1. The molecule has 0 aliphatic carbocycles. The maximum atomic E-state index is 11.9. The Morgan fingerprint density at radius 1 is 1.19 bits per heavy atom. The van der Waals surface area contributed by atoms with Crippen molar-refractivity contribution in [2.24, 2.45) is 0 Å². The molecule has 0 aromatic heterocycles. The number of esters is 1. The van der Waals surface area contributed by atoms with Crippen LogP contribution < -0.4 is 10.6 Å². The molecule has 0 spiro atoms. The van der Waals surface area contributed by atoms with Gasteiger partial charge in [-0.25, -0.2) is 0 Å². The van der Waals surface area contributed by atoms with Gasteiger partial charge in [-0.15, -0.1) is 0 Å². The molecule has 5 nitrogen and oxygen atoms in total. The van der Waals surface area contributed by atoms with Crippen LogP contribution in [0, 0.1) is 11.3 Å². The quantitative estimate of drug-likeness (QED) is 0.425. The zero-order chi connectivity index (χ0) is 18.8. The molecule has 0 saturated carbocycles. The number of rotatable bonds is 9. The molecule has 0 aliphatic rings. The third-order valence-electron chi connectivity index (χ3n) is 4.09. The minimum absolute atomic E-state index is 0.185. The highest BCUT2D eigenvalue weighted by molar-refractivity contribution is 5.76. The SMILES string of the molecule is CCOC(=O)CN(CCCCc1ccc(N)cc1)c1cccc(C#N)c1. The number of nitrogens with zero attached hydrogens (tertiary/aromatic N) is 2. The van der Waals surface area contributed by atoms with E-state index in [0.29, 0.717) is 12.2 Å². The van der Waals surface area contributed by atoms with Crippen LogP contribution in [0.3, 0.4) is 0 Å². The fourth-order valence-electron chi connectivity index (χ4n) is 2.75. The van der Waals surface area contributed by atoms with Gasteiger partial charge in [0, 0.05) is 17.9 Å². The number of ether oxygens (including phenoxy) is 1. The molecule has 2 aromatic rings. The van der Waals surface area contributed by atoms with Crippen molar-refractivity contribution in [1.29, 1.82) is 5.26 Å². The predicted octanol–water partition coefficient (Wildman–Crippen LogP) is 3.53. The van der Waals surface area contributed by atoms with Crippen LogP contribution in [0.5, 0.6) is 0 Å². The van der Waals surface area contributed by atoms with Crippen molar-refractivity contribution in [1.82, 2.24) is 0 Å². The van der Waals surface area contributed by atoms with Crippen molar-refractivity contribution in [3.8, 4) is 6.07 Å². The summed E-state index contributed by atoms with van der Waals surface area (Å²) >= 11 is 0. The second-order valence-electron chi connectivity index (χ2n) is 6.09. The Labute approximate surface area is 155 Å². The molecular formula is C21H25N3O2. The maximum Gasteiger partial charge on any atom is 0.325 e. The summed E-state index contributed by atoms with van der Waals surface area (Å²) < 4.78 is 5.08. The minimum atomic E-state index is -0.256. The monoisotopic (exact) mass is 351 g/mol. The van der Waals surface area contributed by atoms with Crippen molar-refractivity contribution in [3.05, 3.63) is 59.7 Å². The minimum Gasteiger partial charge on any atom is -0.465 e. The van der Waals surface area contributed by atoms with Gasteiger partial charge in [-0.2, -0.15) is 5.26 Å². The van der Waals surface area contributed by atoms with Crippen molar-refractivity contribution < 1.29 is 9.53 Å². The van der Waals surface area contributed by atoms with Crippen LogP contribution in [-0.4, -0.2) is 25.7 Å². The largest absolute Gasteiger partial charge is 0.465 e. The van der Waals surface area contributed by atoms with Crippen molar-refractivity contribution in [2.45, 2.75) is 26.2 Å². The van der Waals surface area contributed by atoms with E-state index in [4.69, 9.17) is 15.7 Å². The molecule has 0 bridgehead atoms. The summed E-state index contributed by atoms with van der Waals surface area (Å²) in [6, 6.07) is 17.4. The Hall–Kier alpha value is -3.00. The van der Waals surface area contributed by atoms with E-state index in [-0.39, 0.29) is 12.5 Å². The van der Waals surface area contributed by atoms with Gasteiger partial charge < -0.3 is 15.4 Å². The summed E-state index contributed by atoms with van der Waals surface area (Å²) in [5.74, 6) is -0.256. The number of nitriles is 1. The highest BCUT2D eigenvalue weighted by atomic mass is 16.5. The molecule has 2 N–H and O–H groups in total. The van der Waals surface area contributed by atoms with Crippen molar-refractivity contribution in [3.63, 3.8) is 0 Å². The lowest BCUT2D eigenvalue weighted by molar-refractivity contribution is -0.141. The molecule has 0 heterocycles. The lowest BCUT2D eigenvalue weighted by Gasteiger charge is -2.24. The average Bonchev–Trinajstić information content (AvgIpc) is 2.66. The van der Waals surface area contributed by atoms with E-state index < -0.39 is 0 Å². The predicted molar refractivity (Wildman–Crippen MR) is 104 cm³/mol. The number of nitrogen functional groups attached to an aromatic ring is 1. The number of benzene rings is 2. The second kappa shape index (κ2) is 10.1. The molecule has 136 valence electrons. The molecule has 0 amide bonds. The van der Waals surface area contributed by atoms with Crippen LogP contribution in [0.25, 0.3) is 0 Å². The molecule has 2 rings (SSSR count). The number of anilines is 2. The summed E-state index contributed by atoms with van der Waals surface area (Å²) in [4.78, 5) is 13.9. The number of hydrogen-bond donors (Lipinski definition) is 1. The molecule has 0 radical (unpaired) electrons. The first-order valence-corrected chi connectivity index (χ1v) is 8.87.